The van der Waals surface area contributed by atoms with Crippen molar-refractivity contribution in [3.05, 3.63) is 323 Å². The first-order valence-electron chi connectivity index (χ1n) is 25.7. The lowest BCUT2D eigenvalue weighted by molar-refractivity contribution is 0.627. The molecule has 0 N–H and O–H groups in total. The van der Waals surface area contributed by atoms with Crippen molar-refractivity contribution in [2.24, 2.45) is 0 Å². The molecule has 2 nitrogen and oxygen atoms in total. The van der Waals surface area contributed by atoms with Gasteiger partial charge in [0.15, 0.2) is 0 Å². The minimum absolute atomic E-state index is 0.182. The van der Waals surface area contributed by atoms with Crippen LogP contribution in [0.25, 0.3) is 49.7 Å². The molecule has 0 spiro atoms. The van der Waals surface area contributed by atoms with Gasteiger partial charge in [-0.05, 0) is 132 Å². The molecule has 11 aromatic carbocycles. The molecule has 73 heavy (non-hydrogen) atoms. The van der Waals surface area contributed by atoms with Gasteiger partial charge in [0.2, 0.25) is 0 Å². The molecule has 12 aromatic rings. The molecule has 2 heteroatoms. The smallest absolute Gasteiger partial charge is 0.0720 e. The molecule has 1 aromatic heterocycles. The van der Waals surface area contributed by atoms with Gasteiger partial charge < -0.3 is 9.47 Å². The van der Waals surface area contributed by atoms with Gasteiger partial charge in [-0.15, -0.1) is 0 Å². The zero-order chi connectivity index (χ0) is 48.5. The monoisotopic (exact) mass is 930 g/mol. The predicted molar refractivity (Wildman–Crippen MR) is 302 cm³/mol. The molecular weight excluding hydrogens is 881 g/mol. The van der Waals surface area contributed by atoms with Gasteiger partial charge >= 0.3 is 0 Å². The SMILES string of the molecule is CC1(C)c2ccccc2-c2ccc(N(c3cccc(C4(c5ccccc5)c5ccccc5C5(c6ccccc6)c6ccccc6-c6cccc4c65)c3)c3ccc4c5ccccc5n(-c5ccccc5)c4c3)cc21. The van der Waals surface area contributed by atoms with Crippen LogP contribution >= 0.6 is 0 Å². The topological polar surface area (TPSA) is 8.17 Å². The summed E-state index contributed by atoms with van der Waals surface area (Å²) in [4.78, 5) is 2.52. The standard InChI is InChI=1S/C71H50N2/c1-69(2)60-34-15-12-30-54(60)56-42-40-52(45-65(56)69)72(53-41-43-58-57-32-14-19-39-66(57)73(67(58)46-53)50-27-10-5-11-28-50)51-29-20-26-49(44-51)70(47-22-6-3-7-23-47)62-36-17-18-37-63(62)71(48-24-8-4-9-25-48)61-35-16-13-31-55(61)59-33-21-38-64(70)68(59)71/h3-46H,1-2H3. The summed E-state index contributed by atoms with van der Waals surface area (Å²) in [6.45, 7) is 4.76. The number of hydrogen-bond acceptors (Lipinski definition) is 1. The largest absolute Gasteiger partial charge is 0.310 e. The van der Waals surface area contributed by atoms with Crippen LogP contribution in [0, 0.1) is 0 Å². The number of rotatable bonds is 7. The van der Waals surface area contributed by atoms with Gasteiger partial charge in [0.25, 0.3) is 0 Å². The highest BCUT2D eigenvalue weighted by atomic mass is 15.1. The zero-order valence-electron chi connectivity index (χ0n) is 40.8. The summed E-state index contributed by atoms with van der Waals surface area (Å²) in [5.74, 6) is 0. The quantitative estimate of drug-likeness (QED) is 0.155. The summed E-state index contributed by atoms with van der Waals surface area (Å²) in [5, 5.41) is 2.47. The molecule has 344 valence electrons. The number of benzene rings is 11. The van der Waals surface area contributed by atoms with Crippen molar-refractivity contribution in [3.63, 3.8) is 0 Å². The van der Waals surface area contributed by atoms with Crippen LogP contribution in [0.15, 0.2) is 267 Å². The van der Waals surface area contributed by atoms with Crippen molar-refractivity contribution in [1.82, 2.24) is 4.57 Å². The Bertz CT molecular complexity index is 4180. The van der Waals surface area contributed by atoms with E-state index in [1.165, 1.54) is 99.7 Å². The Morgan fingerprint density at radius 2 is 0.795 bits per heavy atom. The molecular formula is C71H50N2. The number of para-hydroxylation sites is 2. The second-order valence-corrected chi connectivity index (χ2v) is 20.7. The molecule has 0 saturated carbocycles. The first-order valence-corrected chi connectivity index (χ1v) is 25.7. The Hall–Kier alpha value is -8.98. The number of anilines is 3. The van der Waals surface area contributed by atoms with Crippen LogP contribution in [-0.2, 0) is 16.2 Å². The fourth-order valence-corrected chi connectivity index (χ4v) is 14.0. The first-order chi connectivity index (χ1) is 36.0. The number of hydrogen-bond donors (Lipinski definition) is 0. The average Bonchev–Trinajstić information content (AvgIpc) is 4.03. The van der Waals surface area contributed by atoms with E-state index in [9.17, 15) is 0 Å². The van der Waals surface area contributed by atoms with Gasteiger partial charge in [-0.25, -0.2) is 0 Å². The Labute approximate surface area is 426 Å². The highest BCUT2D eigenvalue weighted by Gasteiger charge is 2.57. The number of nitrogens with zero attached hydrogens (tertiary/aromatic N) is 2. The number of fused-ring (bicyclic) bond motifs is 11. The first kappa shape index (κ1) is 41.8. The Balaban J connectivity index is 1.03. The van der Waals surface area contributed by atoms with E-state index in [4.69, 9.17) is 0 Å². The molecule has 3 aliphatic carbocycles. The highest BCUT2D eigenvalue weighted by molar-refractivity contribution is 6.10. The normalized spacial score (nSPS) is 17.4. The lowest BCUT2D eigenvalue weighted by Gasteiger charge is -2.49. The second-order valence-electron chi connectivity index (χ2n) is 20.7. The van der Waals surface area contributed by atoms with E-state index in [1.807, 2.05) is 0 Å². The van der Waals surface area contributed by atoms with Gasteiger partial charge in [0.05, 0.1) is 21.9 Å². The molecule has 15 rings (SSSR count). The molecule has 0 bridgehead atoms. The zero-order valence-corrected chi connectivity index (χ0v) is 40.8. The lowest BCUT2D eigenvalue weighted by atomic mass is 9.51. The Morgan fingerprint density at radius 1 is 0.301 bits per heavy atom. The van der Waals surface area contributed by atoms with Crippen LogP contribution < -0.4 is 4.90 Å². The average molecular weight is 931 g/mol. The molecule has 0 fully saturated rings. The fourth-order valence-electron chi connectivity index (χ4n) is 14.0. The summed E-state index contributed by atoms with van der Waals surface area (Å²) >= 11 is 0. The summed E-state index contributed by atoms with van der Waals surface area (Å²) < 4.78 is 2.43. The van der Waals surface area contributed by atoms with Crippen LogP contribution in [-0.4, -0.2) is 4.57 Å². The Kier molecular flexibility index (Phi) is 8.87. The molecule has 0 aliphatic heterocycles. The van der Waals surface area contributed by atoms with Crippen molar-refractivity contribution >= 4 is 38.9 Å². The summed E-state index contributed by atoms with van der Waals surface area (Å²) in [6.07, 6.45) is 0. The summed E-state index contributed by atoms with van der Waals surface area (Å²) in [6, 6.07) is 101. The van der Waals surface area contributed by atoms with E-state index in [1.54, 1.807) is 0 Å². The van der Waals surface area contributed by atoms with Crippen LogP contribution in [0.5, 0.6) is 0 Å². The predicted octanol–water partition coefficient (Wildman–Crippen LogP) is 17.6. The highest BCUT2D eigenvalue weighted by Crippen LogP contribution is 2.66. The summed E-state index contributed by atoms with van der Waals surface area (Å²) in [7, 11) is 0. The Morgan fingerprint density at radius 3 is 1.55 bits per heavy atom. The van der Waals surface area contributed by atoms with Gasteiger partial charge in [0, 0.05) is 38.9 Å². The molecule has 0 radical (unpaired) electrons. The maximum Gasteiger partial charge on any atom is 0.0720 e. The van der Waals surface area contributed by atoms with Crippen LogP contribution in [0.3, 0.4) is 0 Å². The molecule has 0 saturated heterocycles. The van der Waals surface area contributed by atoms with Crippen molar-refractivity contribution in [2.45, 2.75) is 30.1 Å². The molecule has 2 unspecified atom stereocenters. The third kappa shape index (κ3) is 5.58. The van der Waals surface area contributed by atoms with E-state index in [2.05, 4.69) is 290 Å². The molecule has 0 amide bonds. The third-order valence-corrected chi connectivity index (χ3v) is 16.9. The minimum Gasteiger partial charge on any atom is -0.310 e. The van der Waals surface area contributed by atoms with Crippen LogP contribution in [0.4, 0.5) is 17.1 Å². The lowest BCUT2D eigenvalue weighted by Crippen LogP contribution is -2.44. The molecule has 3 aliphatic rings. The summed E-state index contributed by atoms with van der Waals surface area (Å²) in [5.41, 5.74) is 23.7. The number of aromatic nitrogens is 1. The van der Waals surface area contributed by atoms with Crippen molar-refractivity contribution in [1.29, 1.82) is 0 Å². The van der Waals surface area contributed by atoms with Gasteiger partial charge in [0.1, 0.15) is 0 Å². The maximum atomic E-state index is 2.52. The maximum absolute atomic E-state index is 2.52. The van der Waals surface area contributed by atoms with Crippen LogP contribution in [0.1, 0.15) is 69.5 Å². The van der Waals surface area contributed by atoms with Crippen molar-refractivity contribution in [2.75, 3.05) is 4.90 Å². The van der Waals surface area contributed by atoms with E-state index < -0.39 is 10.8 Å². The van der Waals surface area contributed by atoms with Crippen LogP contribution in [0.2, 0.25) is 0 Å². The fraction of sp³-hybridized carbons (Fsp3) is 0.0704. The second kappa shape index (κ2) is 15.5. The van der Waals surface area contributed by atoms with E-state index >= 15 is 0 Å². The van der Waals surface area contributed by atoms with Gasteiger partial charge in [-0.3, -0.25) is 0 Å². The van der Waals surface area contributed by atoms with Crippen molar-refractivity contribution < 1.29 is 0 Å². The van der Waals surface area contributed by atoms with Crippen molar-refractivity contribution in [3.8, 4) is 27.9 Å². The van der Waals surface area contributed by atoms with Gasteiger partial charge in [-0.2, -0.15) is 0 Å². The third-order valence-electron chi connectivity index (χ3n) is 16.9. The van der Waals surface area contributed by atoms with Gasteiger partial charge in [-0.1, -0.05) is 226 Å². The van der Waals surface area contributed by atoms with E-state index in [0.29, 0.717) is 0 Å². The van der Waals surface area contributed by atoms with E-state index in [0.717, 1.165) is 22.7 Å². The minimum atomic E-state index is -0.698. The van der Waals surface area contributed by atoms with E-state index in [-0.39, 0.29) is 5.41 Å². The molecule has 2 atom stereocenters. The molecule has 1 heterocycles.